The predicted octanol–water partition coefficient (Wildman–Crippen LogP) is 1.09. The van der Waals surface area contributed by atoms with Crippen LogP contribution in [0.5, 0.6) is 0 Å². The van der Waals surface area contributed by atoms with E-state index in [1.54, 1.807) is 10.4 Å². The molecule has 3 fully saturated rings. The van der Waals surface area contributed by atoms with E-state index in [2.05, 4.69) is 4.90 Å². The van der Waals surface area contributed by atoms with Gasteiger partial charge in [-0.25, -0.2) is 10.3 Å². The number of hydrogen-bond donors (Lipinski definition) is 2. The van der Waals surface area contributed by atoms with Crippen molar-refractivity contribution >= 4 is 23.6 Å². The van der Waals surface area contributed by atoms with Gasteiger partial charge in [0.05, 0.1) is 12.5 Å². The van der Waals surface area contributed by atoms with Crippen LogP contribution in [-0.4, -0.2) is 92.0 Å². The van der Waals surface area contributed by atoms with Gasteiger partial charge in [-0.05, 0) is 36.8 Å². The first-order valence-corrected chi connectivity index (χ1v) is 11.4. The van der Waals surface area contributed by atoms with Crippen LogP contribution in [0, 0.1) is 11.3 Å². The summed E-state index contributed by atoms with van der Waals surface area (Å²) in [7, 11) is 1.51. The van der Waals surface area contributed by atoms with Crippen LogP contribution in [0.25, 0.3) is 0 Å². The molecule has 2 heterocycles. The maximum Gasteiger partial charge on any atom is 0.410 e. The van der Waals surface area contributed by atoms with Crippen molar-refractivity contribution in [3.63, 3.8) is 0 Å². The molecule has 1 aromatic rings. The number of hydrogen-bond acceptors (Lipinski definition) is 7. The van der Waals surface area contributed by atoms with Gasteiger partial charge in [0.25, 0.3) is 0 Å². The molecule has 3 aliphatic rings. The summed E-state index contributed by atoms with van der Waals surface area (Å²) >= 11 is 0. The summed E-state index contributed by atoms with van der Waals surface area (Å²) in [6, 6.07) is 8.98. The number of likely N-dealkylation sites (tertiary alicyclic amines) is 1. The lowest BCUT2D eigenvalue weighted by atomic mass is 9.80. The molecule has 2 saturated heterocycles. The second-order valence-corrected chi connectivity index (χ2v) is 9.11. The highest BCUT2D eigenvalue weighted by Crippen LogP contribution is 2.55. The molecule has 0 radical (unpaired) electrons. The zero-order valence-corrected chi connectivity index (χ0v) is 18.9. The van der Waals surface area contributed by atoms with Gasteiger partial charge in [-0.15, -0.1) is 0 Å². The molecule has 3 amide bonds. The first-order chi connectivity index (χ1) is 16.0. The number of hydroxylamine groups is 1. The number of ether oxygens (including phenoxy) is 2. The summed E-state index contributed by atoms with van der Waals surface area (Å²) in [5.74, 6) is -1.76. The van der Waals surface area contributed by atoms with Crippen LogP contribution < -0.4 is 10.4 Å². The van der Waals surface area contributed by atoms with Crippen LogP contribution >= 0.6 is 0 Å². The van der Waals surface area contributed by atoms with Gasteiger partial charge in [-0.1, -0.05) is 18.2 Å². The van der Waals surface area contributed by atoms with E-state index < -0.39 is 24.0 Å². The van der Waals surface area contributed by atoms with Crippen molar-refractivity contribution < 1.29 is 29.1 Å². The maximum atomic E-state index is 13.7. The molecule has 10 nitrogen and oxygen atoms in total. The van der Waals surface area contributed by atoms with Gasteiger partial charge in [-0.2, -0.15) is 0 Å². The van der Waals surface area contributed by atoms with Gasteiger partial charge in [0, 0.05) is 45.5 Å². The predicted molar refractivity (Wildman–Crippen MR) is 119 cm³/mol. The molecule has 180 valence electrons. The standard InChI is InChI=1S/C23H32N4O6/c1-32-13-14-33-22(30)27-16-23(7-8-23)15-18(20(28)24-31)19(27)21(29)26-11-9-25(10-12-26)17-5-3-2-4-6-17/h2-6,18-19,31H,7-16H2,1H3,(H,24,28)/t18-,19-/m0/s1. The fourth-order valence-electron chi connectivity index (χ4n) is 4.97. The Hall–Kier alpha value is -2.85. The van der Waals surface area contributed by atoms with Crippen molar-refractivity contribution in [1.29, 1.82) is 0 Å². The second kappa shape index (κ2) is 9.96. The van der Waals surface area contributed by atoms with Crippen LogP contribution in [-0.2, 0) is 19.1 Å². The molecule has 2 atom stereocenters. The Balaban J connectivity index is 1.51. The van der Waals surface area contributed by atoms with Crippen molar-refractivity contribution in [2.75, 3.05) is 57.9 Å². The number of anilines is 1. The Morgan fingerprint density at radius 2 is 1.79 bits per heavy atom. The number of benzene rings is 1. The zero-order valence-electron chi connectivity index (χ0n) is 18.9. The second-order valence-electron chi connectivity index (χ2n) is 9.11. The number of para-hydroxylation sites is 1. The number of carbonyl (C=O) groups excluding carboxylic acids is 3. The Labute approximate surface area is 193 Å². The number of carbonyl (C=O) groups is 3. The van der Waals surface area contributed by atoms with Crippen LogP contribution in [0.4, 0.5) is 10.5 Å². The van der Waals surface area contributed by atoms with E-state index in [-0.39, 0.29) is 24.5 Å². The lowest BCUT2D eigenvalue weighted by Gasteiger charge is -2.45. The Morgan fingerprint density at radius 1 is 1.09 bits per heavy atom. The lowest BCUT2D eigenvalue weighted by molar-refractivity contribution is -0.150. The number of piperidine rings is 1. The topological polar surface area (TPSA) is 112 Å². The highest BCUT2D eigenvalue weighted by Gasteiger charge is 2.57. The Kier molecular flexibility index (Phi) is 7.04. The van der Waals surface area contributed by atoms with Gasteiger partial charge in [0.2, 0.25) is 11.8 Å². The first-order valence-electron chi connectivity index (χ1n) is 11.4. The summed E-state index contributed by atoms with van der Waals surface area (Å²) in [4.78, 5) is 44.6. The van der Waals surface area contributed by atoms with Crippen LogP contribution in [0.2, 0.25) is 0 Å². The third-order valence-electron chi connectivity index (χ3n) is 6.99. The van der Waals surface area contributed by atoms with Crippen molar-refractivity contribution in [3.8, 4) is 0 Å². The highest BCUT2D eigenvalue weighted by molar-refractivity contribution is 5.93. The lowest BCUT2D eigenvalue weighted by Crippen LogP contribution is -2.63. The molecule has 4 rings (SSSR count). The van der Waals surface area contributed by atoms with E-state index in [0.29, 0.717) is 39.1 Å². The molecular weight excluding hydrogens is 428 g/mol. The summed E-state index contributed by atoms with van der Waals surface area (Å²) in [6.07, 6.45) is 1.58. The van der Waals surface area contributed by atoms with Gasteiger partial charge < -0.3 is 19.3 Å². The van der Waals surface area contributed by atoms with Crippen molar-refractivity contribution in [2.45, 2.75) is 25.3 Å². The van der Waals surface area contributed by atoms with Crippen LogP contribution in [0.15, 0.2) is 30.3 Å². The molecule has 0 bridgehead atoms. The number of rotatable bonds is 6. The monoisotopic (exact) mass is 460 g/mol. The fraction of sp³-hybridized carbons (Fsp3) is 0.609. The minimum atomic E-state index is -1.01. The summed E-state index contributed by atoms with van der Waals surface area (Å²) in [6.45, 7) is 2.94. The first kappa shape index (κ1) is 23.3. The van der Waals surface area contributed by atoms with Crippen molar-refractivity contribution in [1.82, 2.24) is 15.3 Å². The summed E-state index contributed by atoms with van der Waals surface area (Å²) in [5.41, 5.74) is 2.61. The third kappa shape index (κ3) is 5.06. The molecule has 1 aliphatic carbocycles. The van der Waals surface area contributed by atoms with Gasteiger partial charge in [0.15, 0.2) is 0 Å². The van der Waals surface area contributed by atoms with E-state index in [4.69, 9.17) is 9.47 Å². The van der Waals surface area contributed by atoms with Gasteiger partial charge in [0.1, 0.15) is 12.6 Å². The molecule has 0 unspecified atom stereocenters. The van der Waals surface area contributed by atoms with Crippen LogP contribution in [0.1, 0.15) is 19.3 Å². The van der Waals surface area contributed by atoms with E-state index in [1.165, 1.54) is 12.0 Å². The smallest absolute Gasteiger partial charge is 0.410 e. The van der Waals surface area contributed by atoms with E-state index in [0.717, 1.165) is 18.5 Å². The largest absolute Gasteiger partial charge is 0.447 e. The molecular formula is C23H32N4O6. The Bertz CT molecular complexity index is 854. The Morgan fingerprint density at radius 3 is 2.39 bits per heavy atom. The van der Waals surface area contributed by atoms with Gasteiger partial charge in [-0.3, -0.25) is 19.7 Å². The maximum absolute atomic E-state index is 13.7. The molecule has 2 N–H and O–H groups in total. The molecule has 1 aromatic carbocycles. The highest BCUT2D eigenvalue weighted by atomic mass is 16.6. The zero-order chi connectivity index (χ0) is 23.4. The van der Waals surface area contributed by atoms with Crippen LogP contribution in [0.3, 0.4) is 0 Å². The van der Waals surface area contributed by atoms with Crippen molar-refractivity contribution in [3.05, 3.63) is 30.3 Å². The van der Waals surface area contributed by atoms with Crippen molar-refractivity contribution in [2.24, 2.45) is 11.3 Å². The minimum Gasteiger partial charge on any atom is -0.447 e. The van der Waals surface area contributed by atoms with E-state index >= 15 is 0 Å². The quantitative estimate of drug-likeness (QED) is 0.371. The minimum absolute atomic E-state index is 0.0619. The number of nitrogens with one attached hydrogen (secondary N) is 1. The molecule has 10 heteroatoms. The molecule has 2 aliphatic heterocycles. The fourth-order valence-corrected chi connectivity index (χ4v) is 4.97. The molecule has 0 aromatic heterocycles. The average Bonchev–Trinajstić information content (AvgIpc) is 3.61. The SMILES string of the molecule is COCCOC(=O)N1CC2(CC2)C[C@H](C(=O)NO)[C@H]1C(=O)N1CCN(c2ccccc2)CC1. The van der Waals surface area contributed by atoms with E-state index in [1.807, 2.05) is 30.3 Å². The summed E-state index contributed by atoms with van der Waals surface area (Å²) in [5, 5.41) is 9.36. The normalized spacial score (nSPS) is 23.9. The molecule has 1 spiro atoms. The number of methoxy groups -OCH3 is 1. The third-order valence-corrected chi connectivity index (χ3v) is 6.99. The number of piperazine rings is 1. The number of nitrogens with zero attached hydrogens (tertiary/aromatic N) is 3. The van der Waals surface area contributed by atoms with E-state index in [9.17, 15) is 19.6 Å². The number of amides is 3. The summed E-state index contributed by atoms with van der Waals surface area (Å²) < 4.78 is 10.3. The van der Waals surface area contributed by atoms with Gasteiger partial charge >= 0.3 is 6.09 Å². The average molecular weight is 461 g/mol. The molecule has 33 heavy (non-hydrogen) atoms. The molecule has 1 saturated carbocycles.